The number of oxazole rings is 1. The average Bonchev–Trinajstić information content (AvgIpc) is 3.13. The Bertz CT molecular complexity index is 723. The molecule has 1 aliphatic rings. The van der Waals surface area contributed by atoms with E-state index in [0.717, 1.165) is 39.1 Å². The summed E-state index contributed by atoms with van der Waals surface area (Å²) in [6, 6.07) is 6.40. The maximum absolute atomic E-state index is 13.7. The SMILES string of the molecule is Cl.Cl.O=C(CCc1ncc(-c2ccccc2F)o1)NCCCN1CCNCC1. The van der Waals surface area contributed by atoms with E-state index in [2.05, 4.69) is 20.5 Å². The van der Waals surface area contributed by atoms with Crippen molar-refractivity contribution in [3.8, 4) is 11.3 Å². The van der Waals surface area contributed by atoms with Crippen LogP contribution >= 0.6 is 24.8 Å². The molecular weight excluding hydrogens is 406 g/mol. The molecule has 1 aliphatic heterocycles. The van der Waals surface area contributed by atoms with Crippen molar-refractivity contribution in [1.82, 2.24) is 20.5 Å². The topological polar surface area (TPSA) is 70.4 Å². The van der Waals surface area contributed by atoms with E-state index in [1.807, 2.05) is 0 Å². The zero-order chi connectivity index (χ0) is 18.2. The molecular formula is C19H27Cl2FN4O2. The second-order valence-corrected chi connectivity index (χ2v) is 6.39. The maximum Gasteiger partial charge on any atom is 0.220 e. The van der Waals surface area contributed by atoms with Gasteiger partial charge in [-0.3, -0.25) is 4.79 Å². The van der Waals surface area contributed by atoms with Crippen molar-refractivity contribution in [2.24, 2.45) is 0 Å². The largest absolute Gasteiger partial charge is 0.441 e. The smallest absolute Gasteiger partial charge is 0.220 e. The van der Waals surface area contributed by atoms with Crippen LogP contribution in [0.5, 0.6) is 0 Å². The summed E-state index contributed by atoms with van der Waals surface area (Å²) in [5.74, 6) is 0.460. The monoisotopic (exact) mass is 432 g/mol. The van der Waals surface area contributed by atoms with Gasteiger partial charge in [0, 0.05) is 45.6 Å². The van der Waals surface area contributed by atoms with Crippen LogP contribution < -0.4 is 10.6 Å². The molecule has 156 valence electrons. The lowest BCUT2D eigenvalue weighted by Crippen LogP contribution is -2.44. The Labute approximate surface area is 177 Å². The van der Waals surface area contributed by atoms with Gasteiger partial charge in [0.05, 0.1) is 11.8 Å². The number of nitrogens with one attached hydrogen (secondary N) is 2. The average molecular weight is 433 g/mol. The minimum Gasteiger partial charge on any atom is -0.441 e. The van der Waals surface area contributed by atoms with Gasteiger partial charge in [-0.25, -0.2) is 9.37 Å². The van der Waals surface area contributed by atoms with E-state index >= 15 is 0 Å². The van der Waals surface area contributed by atoms with Crippen molar-refractivity contribution in [3.05, 3.63) is 42.2 Å². The fraction of sp³-hybridized carbons (Fsp3) is 0.474. The molecule has 1 fully saturated rings. The number of hydrogen-bond acceptors (Lipinski definition) is 5. The van der Waals surface area contributed by atoms with Crippen molar-refractivity contribution < 1.29 is 13.6 Å². The van der Waals surface area contributed by atoms with E-state index in [-0.39, 0.29) is 36.5 Å². The zero-order valence-corrected chi connectivity index (χ0v) is 17.3. The number of nitrogens with zero attached hydrogens (tertiary/aromatic N) is 2. The second-order valence-electron chi connectivity index (χ2n) is 6.39. The molecule has 2 heterocycles. The van der Waals surface area contributed by atoms with Crippen LogP contribution in [0.3, 0.4) is 0 Å². The molecule has 0 radical (unpaired) electrons. The lowest BCUT2D eigenvalue weighted by molar-refractivity contribution is -0.121. The fourth-order valence-electron chi connectivity index (χ4n) is 2.99. The quantitative estimate of drug-likeness (QED) is 0.627. The Kier molecular flexibility index (Phi) is 11.1. The van der Waals surface area contributed by atoms with E-state index < -0.39 is 0 Å². The van der Waals surface area contributed by atoms with E-state index in [4.69, 9.17) is 4.42 Å². The van der Waals surface area contributed by atoms with Gasteiger partial charge in [0.1, 0.15) is 5.82 Å². The number of carbonyl (C=O) groups is 1. The number of piperazine rings is 1. The van der Waals surface area contributed by atoms with Crippen LogP contribution in [0.1, 0.15) is 18.7 Å². The van der Waals surface area contributed by atoms with Crippen LogP contribution in [-0.2, 0) is 11.2 Å². The summed E-state index contributed by atoms with van der Waals surface area (Å²) >= 11 is 0. The molecule has 1 amide bonds. The zero-order valence-electron chi connectivity index (χ0n) is 15.7. The van der Waals surface area contributed by atoms with E-state index in [1.54, 1.807) is 18.2 Å². The van der Waals surface area contributed by atoms with Crippen LogP contribution in [0.4, 0.5) is 4.39 Å². The lowest BCUT2D eigenvalue weighted by atomic mass is 10.2. The van der Waals surface area contributed by atoms with Gasteiger partial charge in [0.25, 0.3) is 0 Å². The number of aromatic nitrogens is 1. The first kappa shape index (κ1) is 24.4. The van der Waals surface area contributed by atoms with E-state index in [1.165, 1.54) is 12.3 Å². The Morgan fingerprint density at radius 2 is 2.00 bits per heavy atom. The standard InChI is InChI=1S/C19H25FN4O2.2ClH/c20-16-5-2-1-4-15(16)17-14-23-19(26-17)7-6-18(25)22-8-3-11-24-12-9-21-10-13-24;;/h1-2,4-5,14,21H,3,6-13H2,(H,22,25);2*1H. The first-order valence-electron chi connectivity index (χ1n) is 9.12. The van der Waals surface area contributed by atoms with Crippen molar-refractivity contribution >= 4 is 30.7 Å². The summed E-state index contributed by atoms with van der Waals surface area (Å²) in [6.45, 7) is 5.90. The molecule has 9 heteroatoms. The van der Waals surface area contributed by atoms with E-state index in [9.17, 15) is 9.18 Å². The molecule has 3 rings (SSSR count). The summed E-state index contributed by atoms with van der Waals surface area (Å²) in [6.07, 6.45) is 3.16. The van der Waals surface area contributed by atoms with Gasteiger partial charge in [-0.2, -0.15) is 0 Å². The predicted octanol–water partition coefficient (Wildman–Crippen LogP) is 2.67. The Hall–Kier alpha value is -1.67. The van der Waals surface area contributed by atoms with Gasteiger partial charge in [-0.15, -0.1) is 24.8 Å². The molecule has 1 aromatic carbocycles. The van der Waals surface area contributed by atoms with Crippen LogP contribution in [0, 0.1) is 5.82 Å². The molecule has 0 aliphatic carbocycles. The molecule has 1 saturated heterocycles. The van der Waals surface area contributed by atoms with Gasteiger partial charge >= 0.3 is 0 Å². The highest BCUT2D eigenvalue weighted by Gasteiger charge is 2.12. The van der Waals surface area contributed by atoms with Gasteiger partial charge < -0.3 is 20.0 Å². The van der Waals surface area contributed by atoms with Crippen LogP contribution in [0.2, 0.25) is 0 Å². The fourth-order valence-corrected chi connectivity index (χ4v) is 2.99. The van der Waals surface area contributed by atoms with Crippen LogP contribution in [0.15, 0.2) is 34.9 Å². The first-order chi connectivity index (χ1) is 12.7. The van der Waals surface area contributed by atoms with Crippen LogP contribution in [-0.4, -0.2) is 55.1 Å². The normalized spacial score (nSPS) is 14.0. The summed E-state index contributed by atoms with van der Waals surface area (Å²) in [7, 11) is 0. The molecule has 28 heavy (non-hydrogen) atoms. The Morgan fingerprint density at radius 1 is 1.25 bits per heavy atom. The van der Waals surface area contributed by atoms with E-state index in [0.29, 0.717) is 36.6 Å². The molecule has 0 bridgehead atoms. The van der Waals surface area contributed by atoms with Crippen molar-refractivity contribution in [2.75, 3.05) is 39.3 Å². The number of benzene rings is 1. The van der Waals surface area contributed by atoms with Gasteiger partial charge in [0.15, 0.2) is 11.7 Å². The predicted molar refractivity (Wildman–Crippen MR) is 112 cm³/mol. The molecule has 1 aromatic heterocycles. The lowest BCUT2D eigenvalue weighted by Gasteiger charge is -2.27. The second kappa shape index (κ2) is 12.7. The van der Waals surface area contributed by atoms with Gasteiger partial charge in [0.2, 0.25) is 5.91 Å². The van der Waals surface area contributed by atoms with Crippen LogP contribution in [0.25, 0.3) is 11.3 Å². The van der Waals surface area contributed by atoms with Crippen molar-refractivity contribution in [2.45, 2.75) is 19.3 Å². The molecule has 0 unspecified atom stereocenters. The number of carbonyl (C=O) groups excluding carboxylic acids is 1. The first-order valence-corrected chi connectivity index (χ1v) is 9.12. The summed E-state index contributed by atoms with van der Waals surface area (Å²) in [5.41, 5.74) is 0.378. The Balaban J connectivity index is 0.00000196. The molecule has 0 atom stereocenters. The molecule has 2 N–H and O–H groups in total. The number of rotatable bonds is 8. The third kappa shape index (κ3) is 7.39. The summed E-state index contributed by atoms with van der Waals surface area (Å²) < 4.78 is 19.3. The highest BCUT2D eigenvalue weighted by molar-refractivity contribution is 5.85. The molecule has 2 aromatic rings. The molecule has 0 saturated carbocycles. The number of hydrogen-bond donors (Lipinski definition) is 2. The van der Waals surface area contributed by atoms with Gasteiger partial charge in [-0.05, 0) is 25.1 Å². The number of amides is 1. The molecule has 0 spiro atoms. The Morgan fingerprint density at radius 3 is 2.75 bits per heavy atom. The van der Waals surface area contributed by atoms with Crippen molar-refractivity contribution in [1.29, 1.82) is 0 Å². The third-order valence-electron chi connectivity index (χ3n) is 4.44. The molecule has 6 nitrogen and oxygen atoms in total. The highest BCUT2D eigenvalue weighted by Crippen LogP contribution is 2.23. The summed E-state index contributed by atoms with van der Waals surface area (Å²) in [5, 5.41) is 6.25. The number of halogens is 3. The van der Waals surface area contributed by atoms with Gasteiger partial charge in [-0.1, -0.05) is 12.1 Å². The minimum atomic E-state index is -0.350. The maximum atomic E-state index is 13.7. The highest BCUT2D eigenvalue weighted by atomic mass is 35.5. The number of aryl methyl sites for hydroxylation is 1. The van der Waals surface area contributed by atoms with Crippen molar-refractivity contribution in [3.63, 3.8) is 0 Å². The summed E-state index contributed by atoms with van der Waals surface area (Å²) in [4.78, 5) is 18.5. The minimum absolute atomic E-state index is 0. The third-order valence-corrected chi connectivity index (χ3v) is 4.44.